The summed E-state index contributed by atoms with van der Waals surface area (Å²) in [5.74, 6) is -0.459. The molecular weight excluding hydrogens is 299 g/mol. The minimum absolute atomic E-state index is 0.253. The Bertz CT molecular complexity index is 688. The molecule has 5 heteroatoms. The zero-order valence-electron chi connectivity index (χ0n) is 9.23. The third-order valence-corrected chi connectivity index (χ3v) is 3.21. The van der Waals surface area contributed by atoms with E-state index in [1.807, 2.05) is 6.07 Å². The summed E-state index contributed by atoms with van der Waals surface area (Å²) in [5, 5.41) is 8.75. The van der Waals surface area contributed by atoms with Crippen molar-refractivity contribution in [1.82, 2.24) is 4.57 Å². The zero-order valence-corrected chi connectivity index (χ0v) is 10.8. The molecule has 0 aliphatic rings. The van der Waals surface area contributed by atoms with Gasteiger partial charge in [-0.25, -0.2) is 4.39 Å². The number of nitriles is 1. The first-order valence-corrected chi connectivity index (χ1v) is 5.94. The van der Waals surface area contributed by atoms with Crippen molar-refractivity contribution in [3.05, 3.63) is 68.3 Å². The predicted molar refractivity (Wildman–Crippen MR) is 68.6 cm³/mol. The fourth-order valence-electron chi connectivity index (χ4n) is 1.55. The zero-order chi connectivity index (χ0) is 13.1. The fraction of sp³-hybridized carbons (Fsp3) is 0.0769. The monoisotopic (exact) mass is 306 g/mol. The van der Waals surface area contributed by atoms with Crippen LogP contribution < -0.4 is 5.56 Å². The number of rotatable bonds is 2. The molecule has 1 aromatic carbocycles. The lowest BCUT2D eigenvalue weighted by Gasteiger charge is -2.07. The van der Waals surface area contributed by atoms with Crippen molar-refractivity contribution >= 4 is 15.9 Å². The number of nitrogens with zero attached hydrogens (tertiary/aromatic N) is 2. The molecule has 0 radical (unpaired) electrons. The summed E-state index contributed by atoms with van der Waals surface area (Å²) in [4.78, 5) is 11.5. The fourth-order valence-corrected chi connectivity index (χ4v) is 2.06. The van der Waals surface area contributed by atoms with Gasteiger partial charge in [-0.1, -0.05) is 22.0 Å². The van der Waals surface area contributed by atoms with E-state index in [9.17, 15) is 9.18 Å². The van der Waals surface area contributed by atoms with Crippen molar-refractivity contribution < 1.29 is 4.39 Å². The molecule has 0 unspecified atom stereocenters. The normalized spacial score (nSPS) is 10.1. The van der Waals surface area contributed by atoms with E-state index in [0.717, 1.165) is 22.3 Å². The maximum Gasteiger partial charge on any atom is 0.251 e. The van der Waals surface area contributed by atoms with Gasteiger partial charge in [0.1, 0.15) is 5.82 Å². The van der Waals surface area contributed by atoms with Gasteiger partial charge in [0.15, 0.2) is 0 Å². The molecule has 18 heavy (non-hydrogen) atoms. The second kappa shape index (κ2) is 5.15. The van der Waals surface area contributed by atoms with Crippen molar-refractivity contribution in [3.8, 4) is 6.07 Å². The van der Waals surface area contributed by atoms with Gasteiger partial charge in [0.2, 0.25) is 0 Å². The Morgan fingerprint density at radius 3 is 2.78 bits per heavy atom. The summed E-state index contributed by atoms with van der Waals surface area (Å²) in [6.45, 7) is 0.253. The first kappa shape index (κ1) is 12.5. The maximum absolute atomic E-state index is 13.1. The van der Waals surface area contributed by atoms with Gasteiger partial charge in [-0.15, -0.1) is 0 Å². The molecule has 2 rings (SSSR count). The second-order valence-corrected chi connectivity index (χ2v) is 4.59. The number of benzene rings is 1. The Hall–Kier alpha value is -1.93. The minimum atomic E-state index is -0.459. The molecule has 0 spiro atoms. The Balaban J connectivity index is 2.38. The minimum Gasteiger partial charge on any atom is -0.308 e. The van der Waals surface area contributed by atoms with Crippen molar-refractivity contribution in [2.24, 2.45) is 0 Å². The van der Waals surface area contributed by atoms with Crippen LogP contribution in [-0.4, -0.2) is 4.57 Å². The van der Waals surface area contributed by atoms with E-state index in [2.05, 4.69) is 15.9 Å². The Morgan fingerprint density at radius 1 is 1.33 bits per heavy atom. The average Bonchev–Trinajstić information content (AvgIpc) is 2.36. The molecule has 0 aliphatic carbocycles. The first-order chi connectivity index (χ1) is 8.60. The number of hydrogen-bond acceptors (Lipinski definition) is 2. The van der Waals surface area contributed by atoms with Gasteiger partial charge < -0.3 is 4.57 Å². The van der Waals surface area contributed by atoms with E-state index in [0.29, 0.717) is 5.56 Å². The Kier molecular flexibility index (Phi) is 3.58. The van der Waals surface area contributed by atoms with E-state index in [-0.39, 0.29) is 12.1 Å². The quantitative estimate of drug-likeness (QED) is 0.856. The summed E-state index contributed by atoms with van der Waals surface area (Å²) in [5.41, 5.74) is 1.06. The molecule has 0 bridgehead atoms. The third-order valence-electron chi connectivity index (χ3n) is 2.47. The van der Waals surface area contributed by atoms with Crippen LogP contribution in [0.4, 0.5) is 4.39 Å². The van der Waals surface area contributed by atoms with Crippen LogP contribution in [0.5, 0.6) is 0 Å². The van der Waals surface area contributed by atoms with Gasteiger partial charge in [0, 0.05) is 16.7 Å². The second-order valence-electron chi connectivity index (χ2n) is 3.73. The van der Waals surface area contributed by atoms with Crippen LogP contribution in [0.2, 0.25) is 0 Å². The molecule has 0 N–H and O–H groups in total. The largest absolute Gasteiger partial charge is 0.308 e. The molecule has 0 aliphatic heterocycles. The number of pyridine rings is 1. The van der Waals surface area contributed by atoms with Gasteiger partial charge >= 0.3 is 0 Å². The molecule has 0 amide bonds. The highest BCUT2D eigenvalue weighted by Gasteiger charge is 2.04. The molecule has 0 atom stereocenters. The average molecular weight is 307 g/mol. The van der Waals surface area contributed by atoms with Crippen molar-refractivity contribution in [2.75, 3.05) is 0 Å². The van der Waals surface area contributed by atoms with E-state index >= 15 is 0 Å². The SMILES string of the molecule is N#Cc1ccc(Cn2cc(F)ccc2=O)c(Br)c1. The summed E-state index contributed by atoms with van der Waals surface area (Å²) >= 11 is 3.33. The van der Waals surface area contributed by atoms with Crippen molar-refractivity contribution in [1.29, 1.82) is 5.26 Å². The molecule has 90 valence electrons. The van der Waals surface area contributed by atoms with E-state index in [1.165, 1.54) is 10.6 Å². The summed E-state index contributed by atoms with van der Waals surface area (Å²) in [6, 6.07) is 9.40. The number of halogens is 2. The topological polar surface area (TPSA) is 45.8 Å². The lowest BCUT2D eigenvalue weighted by atomic mass is 10.1. The highest BCUT2D eigenvalue weighted by Crippen LogP contribution is 2.19. The van der Waals surface area contributed by atoms with Gasteiger partial charge in [0.05, 0.1) is 18.2 Å². The molecule has 0 fully saturated rings. The van der Waals surface area contributed by atoms with E-state index < -0.39 is 5.82 Å². The lowest BCUT2D eigenvalue weighted by molar-refractivity contribution is 0.595. The van der Waals surface area contributed by atoms with Gasteiger partial charge in [-0.05, 0) is 23.8 Å². The predicted octanol–water partition coefficient (Wildman–Crippen LogP) is 2.67. The smallest absolute Gasteiger partial charge is 0.251 e. The molecule has 1 heterocycles. The van der Waals surface area contributed by atoms with Crippen LogP contribution in [-0.2, 0) is 6.54 Å². The van der Waals surface area contributed by atoms with Crippen LogP contribution in [0.1, 0.15) is 11.1 Å². The molecule has 3 nitrogen and oxygen atoms in total. The molecule has 2 aromatic rings. The Labute approximate surface area is 111 Å². The highest BCUT2D eigenvalue weighted by molar-refractivity contribution is 9.10. The van der Waals surface area contributed by atoms with Crippen LogP contribution in [0.15, 0.2) is 45.8 Å². The Morgan fingerprint density at radius 2 is 2.11 bits per heavy atom. The van der Waals surface area contributed by atoms with Crippen LogP contribution in [0.3, 0.4) is 0 Å². The molecule has 0 saturated carbocycles. The number of hydrogen-bond donors (Lipinski definition) is 0. The van der Waals surface area contributed by atoms with Gasteiger partial charge in [0.25, 0.3) is 5.56 Å². The third kappa shape index (κ3) is 2.66. The van der Waals surface area contributed by atoms with Gasteiger partial charge in [-0.3, -0.25) is 4.79 Å². The van der Waals surface area contributed by atoms with Crippen molar-refractivity contribution in [2.45, 2.75) is 6.54 Å². The standard InChI is InChI=1S/C13H8BrFN2O/c14-12-5-9(6-16)1-2-10(12)7-17-8-11(15)3-4-13(17)18/h1-5,8H,7H2. The summed E-state index contributed by atoms with van der Waals surface area (Å²) in [6.07, 6.45) is 1.16. The lowest BCUT2D eigenvalue weighted by Crippen LogP contribution is -2.19. The molecule has 0 saturated heterocycles. The van der Waals surface area contributed by atoms with Crippen molar-refractivity contribution in [3.63, 3.8) is 0 Å². The first-order valence-electron chi connectivity index (χ1n) is 5.14. The number of aromatic nitrogens is 1. The molecule has 1 aromatic heterocycles. The van der Waals surface area contributed by atoms with E-state index in [1.54, 1.807) is 18.2 Å². The highest BCUT2D eigenvalue weighted by atomic mass is 79.9. The van der Waals surface area contributed by atoms with Crippen LogP contribution >= 0.6 is 15.9 Å². The summed E-state index contributed by atoms with van der Waals surface area (Å²) < 4.78 is 15.1. The van der Waals surface area contributed by atoms with Crippen LogP contribution in [0.25, 0.3) is 0 Å². The molecular formula is C13H8BrFN2O. The van der Waals surface area contributed by atoms with Gasteiger partial charge in [-0.2, -0.15) is 5.26 Å². The van der Waals surface area contributed by atoms with Crippen LogP contribution in [0, 0.1) is 17.1 Å². The summed E-state index contributed by atoms with van der Waals surface area (Å²) in [7, 11) is 0. The van der Waals surface area contributed by atoms with E-state index in [4.69, 9.17) is 5.26 Å². The maximum atomic E-state index is 13.1.